The summed E-state index contributed by atoms with van der Waals surface area (Å²) in [6.07, 6.45) is 3.04. The summed E-state index contributed by atoms with van der Waals surface area (Å²) in [5.74, 6) is 1.06. The standard InChI is InChI=1S/C21H25N5O5S/c1-29-17-7-5-16(6-8-17)13-25(14-18-4-3-11-31-18)32(27,28)19-9-10-20(21(12-19)30-2)26-15-22-23-24-26/h5-10,12,15,18H,3-4,11,13-14H2,1-2H3/t18-/m0/s1. The zero-order valence-electron chi connectivity index (χ0n) is 17.9. The van der Waals surface area contributed by atoms with Gasteiger partial charge in [0.25, 0.3) is 0 Å². The number of benzene rings is 2. The Kier molecular flexibility index (Phi) is 6.68. The monoisotopic (exact) mass is 459 g/mol. The lowest BCUT2D eigenvalue weighted by atomic mass is 10.2. The molecule has 10 nitrogen and oxygen atoms in total. The van der Waals surface area contributed by atoms with Gasteiger partial charge < -0.3 is 14.2 Å². The van der Waals surface area contributed by atoms with Crippen molar-refractivity contribution in [1.29, 1.82) is 0 Å². The minimum absolute atomic E-state index is 0.123. The summed E-state index contributed by atoms with van der Waals surface area (Å²) >= 11 is 0. The highest BCUT2D eigenvalue weighted by atomic mass is 32.2. The molecule has 170 valence electrons. The van der Waals surface area contributed by atoms with E-state index < -0.39 is 10.0 Å². The van der Waals surface area contributed by atoms with Crippen molar-refractivity contribution in [2.24, 2.45) is 0 Å². The van der Waals surface area contributed by atoms with Gasteiger partial charge in [0.2, 0.25) is 10.0 Å². The number of nitrogens with zero attached hydrogens (tertiary/aromatic N) is 5. The fourth-order valence-electron chi connectivity index (χ4n) is 3.63. The summed E-state index contributed by atoms with van der Waals surface area (Å²) in [5, 5.41) is 11.1. The van der Waals surface area contributed by atoms with E-state index in [0.717, 1.165) is 18.4 Å². The van der Waals surface area contributed by atoms with Crippen LogP contribution in [0.4, 0.5) is 0 Å². The third-order valence-corrected chi connectivity index (χ3v) is 7.14. The first-order chi connectivity index (χ1) is 15.5. The van der Waals surface area contributed by atoms with Gasteiger partial charge in [-0.3, -0.25) is 0 Å². The van der Waals surface area contributed by atoms with Crippen molar-refractivity contribution in [2.45, 2.75) is 30.4 Å². The van der Waals surface area contributed by atoms with Crippen LogP contribution < -0.4 is 9.47 Å². The Labute approximate surface area is 186 Å². The van der Waals surface area contributed by atoms with Crippen molar-refractivity contribution in [3.05, 3.63) is 54.4 Å². The van der Waals surface area contributed by atoms with Crippen LogP contribution >= 0.6 is 0 Å². The van der Waals surface area contributed by atoms with Crippen LogP contribution in [0.1, 0.15) is 18.4 Å². The van der Waals surface area contributed by atoms with E-state index >= 15 is 0 Å². The Balaban J connectivity index is 1.66. The molecule has 0 saturated carbocycles. The molecule has 0 amide bonds. The summed E-state index contributed by atoms with van der Waals surface area (Å²) in [4.78, 5) is 0.123. The number of ether oxygens (including phenoxy) is 3. The fourth-order valence-corrected chi connectivity index (χ4v) is 5.10. The zero-order chi connectivity index (χ0) is 22.6. The summed E-state index contributed by atoms with van der Waals surface area (Å²) in [7, 11) is -0.773. The first-order valence-corrected chi connectivity index (χ1v) is 11.6. The number of tetrazole rings is 1. The Hall–Kier alpha value is -3.02. The average molecular weight is 460 g/mol. The number of sulfonamides is 1. The Morgan fingerprint density at radius 2 is 1.97 bits per heavy atom. The molecule has 0 aliphatic carbocycles. The van der Waals surface area contributed by atoms with Crippen LogP contribution in [0.5, 0.6) is 11.5 Å². The van der Waals surface area contributed by atoms with E-state index in [1.54, 1.807) is 13.2 Å². The molecule has 1 aromatic heterocycles. The lowest BCUT2D eigenvalue weighted by Crippen LogP contribution is -2.37. The fraction of sp³-hybridized carbons (Fsp3) is 0.381. The summed E-state index contributed by atoms with van der Waals surface area (Å²) < 4.78 is 46.5. The van der Waals surface area contributed by atoms with Crippen molar-refractivity contribution < 1.29 is 22.6 Å². The van der Waals surface area contributed by atoms with Crippen molar-refractivity contribution in [3.8, 4) is 17.2 Å². The van der Waals surface area contributed by atoms with E-state index in [1.165, 1.54) is 34.6 Å². The predicted molar refractivity (Wildman–Crippen MR) is 115 cm³/mol. The van der Waals surface area contributed by atoms with Crippen LogP contribution in [0.25, 0.3) is 5.69 Å². The maximum absolute atomic E-state index is 13.7. The second-order valence-corrected chi connectivity index (χ2v) is 9.31. The molecule has 0 spiro atoms. The largest absolute Gasteiger partial charge is 0.497 e. The molecular formula is C21H25N5O5S. The van der Waals surface area contributed by atoms with Crippen molar-refractivity contribution >= 4 is 10.0 Å². The minimum atomic E-state index is -3.84. The van der Waals surface area contributed by atoms with E-state index in [-0.39, 0.29) is 24.1 Å². The Bertz CT molecular complexity index is 1130. The summed E-state index contributed by atoms with van der Waals surface area (Å²) in [5.41, 5.74) is 1.39. The van der Waals surface area contributed by atoms with Crippen molar-refractivity contribution in [3.63, 3.8) is 0 Å². The third kappa shape index (κ3) is 4.74. The highest BCUT2D eigenvalue weighted by molar-refractivity contribution is 7.89. The molecule has 3 aromatic rings. The van der Waals surface area contributed by atoms with Gasteiger partial charge in [-0.05, 0) is 53.1 Å². The third-order valence-electron chi connectivity index (χ3n) is 5.33. The molecule has 0 N–H and O–H groups in total. The topological polar surface area (TPSA) is 109 Å². The van der Waals surface area contributed by atoms with Crippen LogP contribution in [0.2, 0.25) is 0 Å². The van der Waals surface area contributed by atoms with E-state index in [1.807, 2.05) is 24.3 Å². The highest BCUT2D eigenvalue weighted by Crippen LogP contribution is 2.29. The number of rotatable bonds is 9. The molecule has 4 rings (SSSR count). The molecule has 0 unspecified atom stereocenters. The first-order valence-electron chi connectivity index (χ1n) is 10.2. The zero-order valence-corrected chi connectivity index (χ0v) is 18.7. The number of aromatic nitrogens is 4. The quantitative estimate of drug-likeness (QED) is 0.478. The number of methoxy groups -OCH3 is 2. The molecule has 1 aliphatic rings. The molecule has 1 aliphatic heterocycles. The molecular weight excluding hydrogens is 434 g/mol. The number of hydrogen-bond donors (Lipinski definition) is 0. The predicted octanol–water partition coefficient (Wildman–Crippen LogP) is 2.05. The molecule has 1 fully saturated rings. The van der Waals surface area contributed by atoms with Gasteiger partial charge in [0.05, 0.1) is 25.2 Å². The van der Waals surface area contributed by atoms with E-state index in [9.17, 15) is 8.42 Å². The Morgan fingerprint density at radius 3 is 2.59 bits per heavy atom. The normalized spacial score (nSPS) is 16.4. The van der Waals surface area contributed by atoms with Crippen LogP contribution in [0.3, 0.4) is 0 Å². The van der Waals surface area contributed by atoms with Gasteiger partial charge in [0, 0.05) is 25.8 Å². The van der Waals surface area contributed by atoms with E-state index in [0.29, 0.717) is 23.8 Å². The highest BCUT2D eigenvalue weighted by Gasteiger charge is 2.30. The van der Waals surface area contributed by atoms with E-state index in [4.69, 9.17) is 14.2 Å². The minimum Gasteiger partial charge on any atom is -0.497 e. The molecule has 2 aromatic carbocycles. The molecule has 0 bridgehead atoms. The average Bonchev–Trinajstić information content (AvgIpc) is 3.53. The van der Waals surface area contributed by atoms with E-state index in [2.05, 4.69) is 15.5 Å². The van der Waals surface area contributed by atoms with Gasteiger partial charge in [0.15, 0.2) is 0 Å². The van der Waals surface area contributed by atoms with Gasteiger partial charge in [0.1, 0.15) is 23.5 Å². The molecule has 1 atom stereocenters. The van der Waals surface area contributed by atoms with Crippen LogP contribution in [-0.2, 0) is 21.3 Å². The molecule has 32 heavy (non-hydrogen) atoms. The molecule has 11 heteroatoms. The molecule has 0 radical (unpaired) electrons. The van der Waals surface area contributed by atoms with Gasteiger partial charge in [-0.2, -0.15) is 8.99 Å². The van der Waals surface area contributed by atoms with Crippen LogP contribution in [0, 0.1) is 0 Å². The van der Waals surface area contributed by atoms with Crippen LogP contribution in [0.15, 0.2) is 53.7 Å². The summed E-state index contributed by atoms with van der Waals surface area (Å²) in [6, 6.07) is 12.0. The number of hydrogen-bond acceptors (Lipinski definition) is 8. The van der Waals surface area contributed by atoms with Crippen LogP contribution in [-0.4, -0.2) is 66.4 Å². The maximum Gasteiger partial charge on any atom is 0.243 e. The lowest BCUT2D eigenvalue weighted by Gasteiger charge is -2.25. The van der Waals surface area contributed by atoms with Gasteiger partial charge >= 0.3 is 0 Å². The SMILES string of the molecule is COc1ccc(CN(C[C@@H]2CCCO2)S(=O)(=O)c2ccc(-n3cnnn3)c(OC)c2)cc1. The Morgan fingerprint density at radius 1 is 1.16 bits per heavy atom. The summed E-state index contributed by atoms with van der Waals surface area (Å²) in [6.45, 7) is 1.13. The first kappa shape index (κ1) is 22.2. The second kappa shape index (κ2) is 9.63. The van der Waals surface area contributed by atoms with Gasteiger partial charge in [-0.1, -0.05) is 12.1 Å². The van der Waals surface area contributed by atoms with Gasteiger partial charge in [-0.15, -0.1) is 5.10 Å². The smallest absolute Gasteiger partial charge is 0.243 e. The lowest BCUT2D eigenvalue weighted by molar-refractivity contribution is 0.0926. The molecule has 1 saturated heterocycles. The van der Waals surface area contributed by atoms with Gasteiger partial charge in [-0.25, -0.2) is 8.42 Å². The maximum atomic E-state index is 13.7. The van der Waals surface area contributed by atoms with Crippen molar-refractivity contribution in [2.75, 3.05) is 27.4 Å². The molecule has 2 heterocycles. The second-order valence-electron chi connectivity index (χ2n) is 7.37. The van der Waals surface area contributed by atoms with Crippen molar-refractivity contribution in [1.82, 2.24) is 24.5 Å².